The third-order valence-electron chi connectivity index (χ3n) is 17.0. The van der Waals surface area contributed by atoms with Gasteiger partial charge in [-0.15, -0.1) is 0 Å². The van der Waals surface area contributed by atoms with E-state index in [-0.39, 0.29) is 61.3 Å². The molecule has 36 heteroatoms. The summed E-state index contributed by atoms with van der Waals surface area (Å²) in [5.74, 6) is -20.9. The lowest BCUT2D eigenvalue weighted by atomic mass is 9.98. The number of hydrogen-bond donors (Lipinski definition) is 20. The summed E-state index contributed by atoms with van der Waals surface area (Å²) in [7, 11) is 0. The molecular weight excluding hydrogens is 1460 g/mol. The van der Waals surface area contributed by atoms with Crippen molar-refractivity contribution in [2.24, 2.45) is 23.3 Å². The Bertz CT molecular complexity index is 4110. The Kier molecular flexibility index (Phi) is 35.6. The molecule has 0 aromatic heterocycles. The van der Waals surface area contributed by atoms with Gasteiger partial charge in [-0.1, -0.05) is 125 Å². The van der Waals surface area contributed by atoms with Crippen LogP contribution in [0.25, 0.3) is 0 Å². The zero-order valence-corrected chi connectivity index (χ0v) is 61.7. The van der Waals surface area contributed by atoms with E-state index in [1.54, 1.807) is 100 Å². The van der Waals surface area contributed by atoms with Gasteiger partial charge in [0.1, 0.15) is 77.7 Å². The van der Waals surface area contributed by atoms with Crippen molar-refractivity contribution in [1.82, 2.24) is 58.5 Å². The molecule has 0 aliphatic rings. The lowest BCUT2D eigenvalue weighted by molar-refractivity contribution is -0.145. The van der Waals surface area contributed by atoms with Crippen molar-refractivity contribution >= 4 is 94.8 Å². The maximum Gasteiger partial charge on any atom is 0.326 e. The highest BCUT2D eigenvalue weighted by atomic mass is 16.4. The summed E-state index contributed by atoms with van der Waals surface area (Å²) >= 11 is 0. The van der Waals surface area contributed by atoms with Crippen LogP contribution in [0.4, 0.5) is 0 Å². The van der Waals surface area contributed by atoms with E-state index in [0.29, 0.717) is 22.3 Å². The number of phenolic OH excluding ortho intramolecular Hbond substituents is 3. The number of primary amides is 1. The van der Waals surface area contributed by atoms with Gasteiger partial charge in [0.05, 0.1) is 31.8 Å². The van der Waals surface area contributed by atoms with Gasteiger partial charge in [0.2, 0.25) is 70.9 Å². The number of hydrogen-bond acceptors (Lipinski definition) is 20. The summed E-state index contributed by atoms with van der Waals surface area (Å²) in [5, 5.41) is 95.6. The largest absolute Gasteiger partial charge is 0.508 e. The fraction of sp³-hybridized carbons (Fsp3) is 0.395. The molecule has 0 heterocycles. The molecule has 11 atom stereocenters. The average molecular weight is 1560 g/mol. The van der Waals surface area contributed by atoms with Crippen LogP contribution in [0.15, 0.2) is 133 Å². The number of nitrogens with one attached hydrogen (secondary N) is 11. The molecular formula is C76H95N13O23. The first-order valence-corrected chi connectivity index (χ1v) is 35.6. The zero-order chi connectivity index (χ0) is 82.9. The first-order valence-electron chi connectivity index (χ1n) is 35.6. The highest BCUT2D eigenvalue weighted by Gasteiger charge is 2.38. The monoisotopic (exact) mass is 1560 g/mol. The molecule has 0 unspecified atom stereocenters. The maximum absolute atomic E-state index is 14.7. The van der Waals surface area contributed by atoms with Crippen molar-refractivity contribution in [3.63, 3.8) is 0 Å². The molecule has 0 bridgehead atoms. The molecule has 5 rings (SSSR count). The van der Waals surface area contributed by atoms with E-state index in [2.05, 4.69) is 53.2 Å². The number of carboxylic acids is 4. The van der Waals surface area contributed by atoms with Crippen molar-refractivity contribution < 1.29 is 112 Å². The molecule has 5 aromatic carbocycles. The van der Waals surface area contributed by atoms with Gasteiger partial charge in [-0.2, -0.15) is 0 Å². The quantitative estimate of drug-likeness (QED) is 0.0210. The van der Waals surface area contributed by atoms with E-state index in [1.165, 1.54) is 60.7 Å². The highest BCUT2D eigenvalue weighted by molar-refractivity contribution is 6.00. The summed E-state index contributed by atoms with van der Waals surface area (Å²) in [6, 6.07) is 14.0. The molecule has 602 valence electrons. The minimum absolute atomic E-state index is 0.00481. The van der Waals surface area contributed by atoms with E-state index in [0.717, 1.165) is 0 Å². The van der Waals surface area contributed by atoms with Crippen molar-refractivity contribution in [1.29, 1.82) is 0 Å². The first-order chi connectivity index (χ1) is 52.9. The molecule has 0 saturated carbocycles. The first kappa shape index (κ1) is 89.6. The molecule has 12 amide bonds. The van der Waals surface area contributed by atoms with Gasteiger partial charge in [0.15, 0.2) is 0 Å². The Balaban J connectivity index is 1.39. The van der Waals surface area contributed by atoms with Crippen molar-refractivity contribution in [2.45, 2.75) is 171 Å². The van der Waals surface area contributed by atoms with Gasteiger partial charge >= 0.3 is 23.9 Å². The number of nitrogens with two attached hydrogens (primary N) is 2. The number of aliphatic carboxylic acids is 4. The van der Waals surface area contributed by atoms with Crippen LogP contribution >= 0.6 is 0 Å². The Labute approximate surface area is 642 Å². The molecule has 0 radical (unpaired) electrons. The lowest BCUT2D eigenvalue weighted by Crippen LogP contribution is -2.61. The van der Waals surface area contributed by atoms with Crippen LogP contribution in [0.1, 0.15) is 100 Å². The fourth-order valence-electron chi connectivity index (χ4n) is 11.4. The topological polar surface area (TPSA) is 599 Å². The van der Waals surface area contributed by atoms with Crippen LogP contribution in [-0.4, -0.2) is 204 Å². The molecule has 0 fully saturated rings. The highest BCUT2D eigenvalue weighted by Crippen LogP contribution is 2.18. The van der Waals surface area contributed by atoms with Crippen LogP contribution in [0.3, 0.4) is 0 Å². The number of benzene rings is 5. The molecule has 36 nitrogen and oxygen atoms in total. The maximum atomic E-state index is 14.7. The van der Waals surface area contributed by atoms with Crippen LogP contribution in [0.5, 0.6) is 17.2 Å². The summed E-state index contributed by atoms with van der Waals surface area (Å²) < 4.78 is 0. The number of carbonyl (C=O) groups is 16. The van der Waals surface area contributed by atoms with Gasteiger partial charge in [-0.3, -0.25) is 71.9 Å². The average Bonchev–Trinajstić information content (AvgIpc) is 0.846. The Hall–Kier alpha value is -13.0. The normalized spacial score (nSPS) is 14.0. The second-order valence-corrected chi connectivity index (χ2v) is 27.4. The third-order valence-corrected chi connectivity index (χ3v) is 17.0. The third kappa shape index (κ3) is 32.0. The van der Waals surface area contributed by atoms with Crippen molar-refractivity contribution in [2.75, 3.05) is 6.54 Å². The van der Waals surface area contributed by atoms with Crippen LogP contribution in [0.2, 0.25) is 0 Å². The van der Waals surface area contributed by atoms with E-state index >= 15 is 0 Å². The van der Waals surface area contributed by atoms with E-state index in [4.69, 9.17) is 11.5 Å². The minimum Gasteiger partial charge on any atom is -0.508 e. The van der Waals surface area contributed by atoms with E-state index < -0.39 is 218 Å². The molecule has 112 heavy (non-hydrogen) atoms. The molecule has 0 saturated heterocycles. The van der Waals surface area contributed by atoms with E-state index in [1.807, 2.05) is 5.32 Å². The minimum atomic E-state index is -2.08. The molecule has 0 aliphatic carbocycles. The van der Waals surface area contributed by atoms with Crippen LogP contribution in [0, 0.1) is 11.8 Å². The van der Waals surface area contributed by atoms with Crippen LogP contribution < -0.4 is 70.0 Å². The predicted molar refractivity (Wildman–Crippen MR) is 398 cm³/mol. The summed E-state index contributed by atoms with van der Waals surface area (Å²) in [5.41, 5.74) is 13.5. The number of carboxylic acid groups (broad SMARTS) is 4. The summed E-state index contributed by atoms with van der Waals surface area (Å²) in [6.07, 6.45) is -6.31. The SMILES string of the molecule is CC(C)C[C@H](NC(=O)[C@H](CC(C)C)NC(=O)[C@H](CC(=O)O)NC(=O)[C@H](Cc1ccc(O)cc1)NC(=O)[C@H](CCC(=O)O)NC(=O)[C@H](Cc1ccccc1)NC(=O)CNC(=O)[C@H](Cc1ccc(O)cc1)NC(=O)[C@@H](N)Cc1ccc(O)cc1)C(=O)N[C@@H](Cc1ccccc1)C(=O)N[C@@H](CC(=O)O)C(=O)N[C@@H](CC(N)=O)C(=O)O. The predicted octanol–water partition coefficient (Wildman–Crippen LogP) is -1.53. The fourth-order valence-corrected chi connectivity index (χ4v) is 11.4. The van der Waals surface area contributed by atoms with Crippen LogP contribution in [-0.2, 0) is 109 Å². The van der Waals surface area contributed by atoms with Crippen molar-refractivity contribution in [3.05, 3.63) is 161 Å². The van der Waals surface area contributed by atoms with Gasteiger partial charge in [0, 0.05) is 32.1 Å². The summed E-state index contributed by atoms with van der Waals surface area (Å²) in [6.45, 7) is 5.79. The number of aromatic hydroxyl groups is 3. The van der Waals surface area contributed by atoms with Crippen molar-refractivity contribution in [3.8, 4) is 17.2 Å². The number of amides is 12. The second kappa shape index (κ2) is 44.5. The molecule has 22 N–H and O–H groups in total. The van der Waals surface area contributed by atoms with Gasteiger partial charge in [0.25, 0.3) is 0 Å². The van der Waals surface area contributed by atoms with Gasteiger partial charge in [-0.25, -0.2) is 4.79 Å². The smallest absolute Gasteiger partial charge is 0.326 e. The Morgan fingerprint density at radius 2 is 0.616 bits per heavy atom. The molecule has 0 aliphatic heterocycles. The van der Waals surface area contributed by atoms with Gasteiger partial charge in [-0.05, 0) is 102 Å². The zero-order valence-electron chi connectivity index (χ0n) is 61.7. The Morgan fingerprint density at radius 1 is 0.321 bits per heavy atom. The van der Waals surface area contributed by atoms with Gasteiger partial charge < -0.3 is 106 Å². The number of phenols is 3. The molecule has 0 spiro atoms. The summed E-state index contributed by atoms with van der Waals surface area (Å²) in [4.78, 5) is 217. The molecule has 5 aromatic rings. The number of rotatable bonds is 46. The Morgan fingerprint density at radius 3 is 0.973 bits per heavy atom. The lowest BCUT2D eigenvalue weighted by Gasteiger charge is -2.29. The number of carbonyl (C=O) groups excluding carboxylic acids is 12. The van der Waals surface area contributed by atoms with E-state index in [9.17, 15) is 112 Å². The second-order valence-electron chi connectivity index (χ2n) is 27.4. The standard InChI is InChI=1S/C76H95N13O23/c1-40(2)29-52(69(104)83-53(30-41(3)4)70(105)86-56(33-43-13-9-6-10-14-43)72(107)88-59(38-65(99)100)75(110)89-60(76(111)112)36-61(78)93)84-74(109)58(37-64(97)98)87-73(108)57(35-46-19-25-49(92)26-20-46)85-68(103)51(27-28-63(95)96)81-71(106)55(32-42-11-7-5-8-12-42)80-62(94)39-79-67(102)54(34-45-17-23-48(91)24-18-45)82-66(101)50(77)31-44-15-21-47(90)22-16-44/h5-26,40-41,50-60,90-92H,27-39,77H2,1-4H3,(H2,78,93)(H,79,102)(H,80,94)(H,81,106)(H,82,101)(H,83,104)(H,84,109)(H,85,103)(H,86,105)(H,87,108)(H,88,107)(H,89,110)(H,95,96)(H,97,98)(H,99,100)(H,111,112)/t50-,51-,52-,53-,54-,55-,56-,57-,58-,59-,60-/m0/s1.